The highest BCUT2D eigenvalue weighted by Crippen LogP contribution is 2.27. The third kappa shape index (κ3) is 3.43. The number of nitro benzene ring substituents is 1. The molecule has 126 valence electrons. The number of benzene rings is 2. The molecule has 0 aromatic heterocycles. The van der Waals surface area contributed by atoms with Crippen LogP contribution in [-0.2, 0) is 28.7 Å². The number of hydrogen-bond donors (Lipinski definition) is 0. The van der Waals surface area contributed by atoms with Crippen molar-refractivity contribution < 1.29 is 13.3 Å². The number of nitrogens with zero attached hydrogens (tertiary/aromatic N) is 2. The third-order valence-corrected chi connectivity index (χ3v) is 6.21. The van der Waals surface area contributed by atoms with Crippen molar-refractivity contribution in [1.82, 2.24) is 4.31 Å². The second kappa shape index (κ2) is 6.51. The topological polar surface area (TPSA) is 80.5 Å². The summed E-state index contributed by atoms with van der Waals surface area (Å²) in [6.07, 6.45) is 0.537. The Bertz CT molecular complexity index is 899. The lowest BCUT2D eigenvalue weighted by Crippen LogP contribution is -2.36. The van der Waals surface area contributed by atoms with Gasteiger partial charge in [0.05, 0.1) is 10.7 Å². The van der Waals surface area contributed by atoms with Gasteiger partial charge in [0.2, 0.25) is 10.0 Å². The maximum absolute atomic E-state index is 12.7. The molecule has 0 unspecified atom stereocenters. The maximum atomic E-state index is 12.7. The summed E-state index contributed by atoms with van der Waals surface area (Å²) in [5.41, 5.74) is 2.14. The number of fused-ring (bicyclic) bond motifs is 1. The van der Waals surface area contributed by atoms with E-state index in [1.165, 1.54) is 16.4 Å². The second-order valence-electron chi connectivity index (χ2n) is 5.64. The van der Waals surface area contributed by atoms with Crippen LogP contribution in [0.4, 0.5) is 5.69 Å². The molecule has 2 aromatic rings. The average Bonchev–Trinajstić information content (AvgIpc) is 2.55. The molecular weight excluding hydrogens is 352 g/mol. The monoisotopic (exact) mass is 366 g/mol. The molecule has 3 rings (SSSR count). The molecule has 0 saturated heterocycles. The molecule has 2 aromatic carbocycles. The summed E-state index contributed by atoms with van der Waals surface area (Å²) in [6, 6.07) is 11.4. The van der Waals surface area contributed by atoms with Crippen molar-refractivity contribution in [2.75, 3.05) is 6.54 Å². The van der Waals surface area contributed by atoms with E-state index in [1.807, 2.05) is 0 Å². The van der Waals surface area contributed by atoms with Crippen molar-refractivity contribution in [3.8, 4) is 0 Å². The van der Waals surface area contributed by atoms with Gasteiger partial charge < -0.3 is 0 Å². The van der Waals surface area contributed by atoms with Gasteiger partial charge in [0.1, 0.15) is 0 Å². The van der Waals surface area contributed by atoms with Gasteiger partial charge in [-0.05, 0) is 29.2 Å². The predicted molar refractivity (Wildman–Crippen MR) is 91.3 cm³/mol. The van der Waals surface area contributed by atoms with Gasteiger partial charge in [0.25, 0.3) is 5.69 Å². The fourth-order valence-corrected chi connectivity index (χ4v) is 4.59. The summed E-state index contributed by atoms with van der Waals surface area (Å²) in [5.74, 6) is -0.184. The second-order valence-corrected chi connectivity index (χ2v) is 8.02. The fourth-order valence-electron chi connectivity index (χ4n) is 2.77. The standard InChI is InChI=1S/C16H15ClN2O4S/c17-16-4-2-1-3-13(16)11-24(22,23)18-8-7-12-5-6-15(19(20)21)9-14(12)10-18/h1-6,9H,7-8,10-11H2. The first-order chi connectivity index (χ1) is 11.4. The number of non-ortho nitro benzene ring substituents is 1. The van der Waals surface area contributed by atoms with Crippen molar-refractivity contribution in [2.24, 2.45) is 0 Å². The Labute approximate surface area is 144 Å². The van der Waals surface area contributed by atoms with Crippen LogP contribution in [0.15, 0.2) is 42.5 Å². The Kier molecular flexibility index (Phi) is 4.58. The Morgan fingerprint density at radius 3 is 2.62 bits per heavy atom. The molecule has 0 bridgehead atoms. The molecule has 24 heavy (non-hydrogen) atoms. The summed E-state index contributed by atoms with van der Waals surface area (Å²) in [7, 11) is -3.56. The van der Waals surface area contributed by atoms with Gasteiger partial charge in [0, 0.05) is 30.2 Å². The van der Waals surface area contributed by atoms with Crippen molar-refractivity contribution in [1.29, 1.82) is 0 Å². The fraction of sp³-hybridized carbons (Fsp3) is 0.250. The van der Waals surface area contributed by atoms with Gasteiger partial charge in [-0.25, -0.2) is 8.42 Å². The van der Waals surface area contributed by atoms with E-state index in [-0.39, 0.29) is 18.0 Å². The van der Waals surface area contributed by atoms with Crippen molar-refractivity contribution in [3.63, 3.8) is 0 Å². The normalized spacial score (nSPS) is 15.0. The highest BCUT2D eigenvalue weighted by molar-refractivity contribution is 7.88. The molecule has 8 heteroatoms. The molecule has 0 fully saturated rings. The third-order valence-electron chi connectivity index (χ3n) is 4.07. The van der Waals surface area contributed by atoms with E-state index in [0.717, 1.165) is 5.56 Å². The smallest absolute Gasteiger partial charge is 0.258 e. The van der Waals surface area contributed by atoms with E-state index in [9.17, 15) is 18.5 Å². The number of nitro groups is 1. The van der Waals surface area contributed by atoms with Gasteiger partial charge in [0.15, 0.2) is 0 Å². The minimum Gasteiger partial charge on any atom is -0.258 e. The van der Waals surface area contributed by atoms with E-state index in [2.05, 4.69) is 0 Å². The molecule has 0 spiro atoms. The zero-order chi connectivity index (χ0) is 17.3. The minimum atomic E-state index is -3.56. The van der Waals surface area contributed by atoms with E-state index in [0.29, 0.717) is 29.1 Å². The van der Waals surface area contributed by atoms with E-state index >= 15 is 0 Å². The molecule has 1 aliphatic heterocycles. The molecule has 0 amide bonds. The average molecular weight is 367 g/mol. The Morgan fingerprint density at radius 1 is 1.17 bits per heavy atom. The van der Waals surface area contributed by atoms with Crippen LogP contribution in [0.25, 0.3) is 0 Å². The van der Waals surface area contributed by atoms with Crippen LogP contribution in [0.5, 0.6) is 0 Å². The largest absolute Gasteiger partial charge is 0.269 e. The van der Waals surface area contributed by atoms with Crippen LogP contribution in [-0.4, -0.2) is 24.2 Å². The van der Waals surface area contributed by atoms with Gasteiger partial charge in [-0.2, -0.15) is 4.31 Å². The lowest BCUT2D eigenvalue weighted by Gasteiger charge is -2.28. The van der Waals surface area contributed by atoms with E-state index in [4.69, 9.17) is 11.6 Å². The maximum Gasteiger partial charge on any atom is 0.269 e. The van der Waals surface area contributed by atoms with Crippen molar-refractivity contribution >= 4 is 27.3 Å². The van der Waals surface area contributed by atoms with Crippen molar-refractivity contribution in [3.05, 3.63) is 74.3 Å². The summed E-state index contributed by atoms with van der Waals surface area (Å²) < 4.78 is 26.7. The molecule has 6 nitrogen and oxygen atoms in total. The number of rotatable bonds is 4. The molecule has 0 radical (unpaired) electrons. The van der Waals surface area contributed by atoms with Crippen LogP contribution >= 0.6 is 11.6 Å². The Hall–Kier alpha value is -1.96. The SMILES string of the molecule is O=[N+]([O-])c1ccc2c(c1)CN(S(=O)(=O)Cc1ccccc1Cl)CC2. The first-order valence-electron chi connectivity index (χ1n) is 7.34. The first-order valence-corrected chi connectivity index (χ1v) is 9.33. The van der Waals surface area contributed by atoms with E-state index < -0.39 is 14.9 Å². The highest BCUT2D eigenvalue weighted by Gasteiger charge is 2.28. The number of hydrogen-bond acceptors (Lipinski definition) is 4. The molecule has 0 N–H and O–H groups in total. The van der Waals surface area contributed by atoms with E-state index in [1.54, 1.807) is 30.3 Å². The van der Waals surface area contributed by atoms with Gasteiger partial charge in [-0.15, -0.1) is 0 Å². The minimum absolute atomic E-state index is 0.0286. The Balaban J connectivity index is 1.85. The summed E-state index contributed by atoms with van der Waals surface area (Å²) in [6.45, 7) is 0.501. The molecule has 0 atom stereocenters. The zero-order valence-electron chi connectivity index (χ0n) is 12.7. The summed E-state index contributed by atoms with van der Waals surface area (Å²) in [5, 5.41) is 11.3. The molecule has 0 aliphatic carbocycles. The molecular formula is C16H15ClN2O4S. The Morgan fingerprint density at radius 2 is 1.92 bits per heavy atom. The summed E-state index contributed by atoms with van der Waals surface area (Å²) >= 11 is 6.05. The lowest BCUT2D eigenvalue weighted by molar-refractivity contribution is -0.385. The van der Waals surface area contributed by atoms with Crippen LogP contribution < -0.4 is 0 Å². The zero-order valence-corrected chi connectivity index (χ0v) is 14.3. The number of halogens is 1. The van der Waals surface area contributed by atoms with Crippen LogP contribution in [0.3, 0.4) is 0 Å². The highest BCUT2D eigenvalue weighted by atomic mass is 35.5. The number of sulfonamides is 1. The van der Waals surface area contributed by atoms with Gasteiger partial charge >= 0.3 is 0 Å². The molecule has 1 heterocycles. The molecule has 0 saturated carbocycles. The van der Waals surface area contributed by atoms with Crippen LogP contribution in [0, 0.1) is 10.1 Å². The molecule has 1 aliphatic rings. The van der Waals surface area contributed by atoms with Crippen LogP contribution in [0.1, 0.15) is 16.7 Å². The predicted octanol–water partition coefficient (Wildman–Crippen LogP) is 3.14. The van der Waals surface area contributed by atoms with Crippen LogP contribution in [0.2, 0.25) is 5.02 Å². The van der Waals surface area contributed by atoms with Gasteiger partial charge in [-0.1, -0.05) is 35.9 Å². The lowest BCUT2D eigenvalue weighted by atomic mass is 10.0. The first kappa shape index (κ1) is 16.9. The van der Waals surface area contributed by atoms with Gasteiger partial charge in [-0.3, -0.25) is 10.1 Å². The van der Waals surface area contributed by atoms with Crippen molar-refractivity contribution in [2.45, 2.75) is 18.7 Å². The quantitative estimate of drug-likeness (QED) is 0.615. The summed E-state index contributed by atoms with van der Waals surface area (Å²) in [4.78, 5) is 10.4.